The Morgan fingerprint density at radius 1 is 0.952 bits per heavy atom. The summed E-state index contributed by atoms with van der Waals surface area (Å²) in [5, 5.41) is 1.14. The summed E-state index contributed by atoms with van der Waals surface area (Å²) >= 11 is 3.49. The summed E-state index contributed by atoms with van der Waals surface area (Å²) in [5.41, 5.74) is 4.92. The van der Waals surface area contributed by atoms with Crippen LogP contribution in [0.15, 0.2) is 83.3 Å². The monoisotopic (exact) mass is 632 g/mol. The number of carbonyl (C=O) groups is 1. The Morgan fingerprint density at radius 2 is 1.74 bits per heavy atom. The van der Waals surface area contributed by atoms with Gasteiger partial charge in [0.25, 0.3) is 0 Å². The highest BCUT2D eigenvalue weighted by atomic mass is 79.9. The number of halogens is 1. The third-order valence-electron chi connectivity index (χ3n) is 7.87. The molecule has 3 aromatic carbocycles. The fraction of sp³-hybridized carbons (Fsp3) is 0.417. The van der Waals surface area contributed by atoms with Crippen molar-refractivity contribution in [1.82, 2.24) is 9.47 Å². The number of ether oxygens (including phenoxy) is 2. The number of piperidine rings is 1. The van der Waals surface area contributed by atoms with Crippen molar-refractivity contribution < 1.29 is 14.3 Å². The van der Waals surface area contributed by atoms with Gasteiger partial charge in [-0.2, -0.15) is 0 Å². The van der Waals surface area contributed by atoms with Crippen molar-refractivity contribution in [3.8, 4) is 5.75 Å². The molecule has 1 aliphatic heterocycles. The molecule has 42 heavy (non-hydrogen) atoms. The third kappa shape index (κ3) is 8.48. The second-order valence-electron chi connectivity index (χ2n) is 10.7. The largest absolute Gasteiger partial charge is 0.488 e. The van der Waals surface area contributed by atoms with E-state index in [2.05, 4.69) is 86.1 Å². The first-order valence-electron chi connectivity index (χ1n) is 15.4. The number of carbonyl (C=O) groups excluding carboxylic acids is 1. The Morgan fingerprint density at radius 3 is 2.50 bits per heavy atom. The van der Waals surface area contributed by atoms with Crippen LogP contribution in [-0.4, -0.2) is 42.2 Å². The Kier molecular flexibility index (Phi) is 12.5. The van der Waals surface area contributed by atoms with E-state index in [1.165, 1.54) is 16.8 Å². The van der Waals surface area contributed by atoms with Gasteiger partial charge in [-0.05, 0) is 73.6 Å². The molecule has 1 atom stereocenters. The molecule has 1 fully saturated rings. The Bertz CT molecular complexity index is 1380. The number of aromatic nitrogens is 1. The molecule has 0 N–H and O–H groups in total. The quantitative estimate of drug-likeness (QED) is 0.147. The van der Waals surface area contributed by atoms with Crippen molar-refractivity contribution in [3.05, 3.63) is 100 Å². The van der Waals surface area contributed by atoms with Crippen molar-refractivity contribution in [2.75, 3.05) is 26.8 Å². The van der Waals surface area contributed by atoms with E-state index < -0.39 is 0 Å². The second-order valence-corrected chi connectivity index (χ2v) is 11.6. The smallest absolute Gasteiger partial charge is 0.222 e. The molecule has 0 radical (unpaired) electrons. The van der Waals surface area contributed by atoms with Crippen molar-refractivity contribution in [2.45, 2.75) is 71.4 Å². The van der Waals surface area contributed by atoms with E-state index in [4.69, 9.17) is 9.47 Å². The molecule has 0 saturated carbocycles. The molecule has 4 aromatic rings. The minimum absolute atomic E-state index is 0.274. The van der Waals surface area contributed by atoms with Gasteiger partial charge >= 0.3 is 0 Å². The number of hydrogen-bond acceptors (Lipinski definition) is 3. The number of amides is 1. The SMILES string of the molecule is CC.COCCCn1c(C2CCCN(C(=O)CCCc3ccc(Br)cc3)C2)cc2c(OCc3ccccc3)cccc21. The maximum atomic E-state index is 13.2. The molecule has 0 aliphatic carbocycles. The molecule has 1 aliphatic rings. The van der Waals surface area contributed by atoms with E-state index >= 15 is 0 Å². The first kappa shape index (κ1) is 31.8. The maximum absolute atomic E-state index is 13.2. The fourth-order valence-corrected chi connectivity index (χ4v) is 6.06. The highest BCUT2D eigenvalue weighted by molar-refractivity contribution is 9.10. The zero-order valence-electron chi connectivity index (χ0n) is 25.4. The van der Waals surface area contributed by atoms with Gasteiger partial charge in [-0.3, -0.25) is 4.79 Å². The number of methoxy groups -OCH3 is 1. The molecule has 1 unspecified atom stereocenters. The molecule has 0 bridgehead atoms. The fourth-order valence-electron chi connectivity index (χ4n) is 5.79. The number of benzene rings is 3. The second kappa shape index (κ2) is 16.5. The number of nitrogens with zero attached hydrogens (tertiary/aromatic N) is 2. The van der Waals surface area contributed by atoms with Gasteiger partial charge in [-0.1, -0.05) is 78.3 Å². The Labute approximate surface area is 260 Å². The van der Waals surface area contributed by atoms with Crippen LogP contribution in [0.25, 0.3) is 10.9 Å². The molecule has 0 spiro atoms. The molecule has 5 nitrogen and oxygen atoms in total. The Hall–Kier alpha value is -3.09. The van der Waals surface area contributed by atoms with Gasteiger partial charge in [0.15, 0.2) is 0 Å². The average molecular weight is 634 g/mol. The van der Waals surface area contributed by atoms with E-state index in [0.29, 0.717) is 18.9 Å². The maximum Gasteiger partial charge on any atom is 0.222 e. The van der Waals surface area contributed by atoms with Crippen LogP contribution >= 0.6 is 15.9 Å². The zero-order valence-corrected chi connectivity index (χ0v) is 26.9. The molecule has 6 heteroatoms. The molecular formula is C36H45BrN2O3. The number of aryl methyl sites for hydroxylation is 2. The minimum Gasteiger partial charge on any atom is -0.488 e. The van der Waals surface area contributed by atoms with Crippen LogP contribution in [-0.2, 0) is 29.1 Å². The van der Waals surface area contributed by atoms with E-state index in [1.807, 2.05) is 32.0 Å². The first-order valence-corrected chi connectivity index (χ1v) is 16.2. The van der Waals surface area contributed by atoms with Crippen LogP contribution in [0.5, 0.6) is 5.75 Å². The highest BCUT2D eigenvalue weighted by Gasteiger charge is 2.28. The van der Waals surface area contributed by atoms with Gasteiger partial charge in [-0.15, -0.1) is 0 Å². The summed E-state index contributed by atoms with van der Waals surface area (Å²) in [6.07, 6.45) is 5.45. The normalized spacial score (nSPS) is 14.9. The number of hydrogen-bond donors (Lipinski definition) is 0. The van der Waals surface area contributed by atoms with Gasteiger partial charge in [0.05, 0.1) is 5.52 Å². The summed E-state index contributed by atoms with van der Waals surface area (Å²) in [6.45, 7) is 7.76. The van der Waals surface area contributed by atoms with E-state index in [-0.39, 0.29) is 5.91 Å². The lowest BCUT2D eigenvalue weighted by Gasteiger charge is -2.33. The summed E-state index contributed by atoms with van der Waals surface area (Å²) in [7, 11) is 1.76. The standard InChI is InChI=1S/C34H39BrN2O3.C2H6/c1-39-22-8-21-37-31-13-6-14-33(40-25-27-9-3-2-4-10-27)30(31)23-32(37)28-12-7-20-36(24-28)34(38)15-5-11-26-16-18-29(35)19-17-26;1-2/h2-4,6,9-10,13-14,16-19,23,28H,5,7-8,11-12,15,20-22,24-25H2,1H3;1-2H3. The number of rotatable bonds is 12. The van der Waals surface area contributed by atoms with Crippen LogP contribution in [0, 0.1) is 0 Å². The lowest BCUT2D eigenvalue weighted by atomic mass is 9.94. The van der Waals surface area contributed by atoms with Crippen LogP contribution in [0.1, 0.15) is 68.7 Å². The summed E-state index contributed by atoms with van der Waals surface area (Å²) in [6, 6.07) is 27.3. The number of fused-ring (bicyclic) bond motifs is 1. The van der Waals surface area contributed by atoms with Crippen molar-refractivity contribution in [3.63, 3.8) is 0 Å². The molecule has 2 heterocycles. The summed E-state index contributed by atoms with van der Waals surface area (Å²) < 4.78 is 15.2. The summed E-state index contributed by atoms with van der Waals surface area (Å²) in [5.74, 6) is 1.49. The molecule has 1 saturated heterocycles. The van der Waals surface area contributed by atoms with Crippen molar-refractivity contribution in [2.24, 2.45) is 0 Å². The molecule has 1 amide bonds. The average Bonchev–Trinajstić information content (AvgIpc) is 3.42. The number of likely N-dealkylation sites (tertiary alicyclic amines) is 1. The topological polar surface area (TPSA) is 43.7 Å². The zero-order chi connectivity index (χ0) is 29.7. The first-order chi connectivity index (χ1) is 20.6. The van der Waals surface area contributed by atoms with Gasteiger partial charge in [0, 0.05) is 61.2 Å². The lowest BCUT2D eigenvalue weighted by Crippen LogP contribution is -2.39. The molecular weight excluding hydrogens is 588 g/mol. The van der Waals surface area contributed by atoms with E-state index in [0.717, 1.165) is 79.5 Å². The predicted octanol–water partition coefficient (Wildman–Crippen LogP) is 8.77. The van der Waals surface area contributed by atoms with Gasteiger partial charge in [0.1, 0.15) is 12.4 Å². The molecule has 224 valence electrons. The molecule has 1 aromatic heterocycles. The Balaban J connectivity index is 0.00000198. The highest BCUT2D eigenvalue weighted by Crippen LogP contribution is 2.36. The van der Waals surface area contributed by atoms with Crippen molar-refractivity contribution in [1.29, 1.82) is 0 Å². The van der Waals surface area contributed by atoms with Gasteiger partial charge in [-0.25, -0.2) is 0 Å². The van der Waals surface area contributed by atoms with Crippen LogP contribution in [0.2, 0.25) is 0 Å². The lowest BCUT2D eigenvalue weighted by molar-refractivity contribution is -0.132. The third-order valence-corrected chi connectivity index (χ3v) is 8.40. The van der Waals surface area contributed by atoms with E-state index in [9.17, 15) is 4.79 Å². The van der Waals surface area contributed by atoms with Crippen LogP contribution in [0.3, 0.4) is 0 Å². The predicted molar refractivity (Wildman–Crippen MR) is 176 cm³/mol. The summed E-state index contributed by atoms with van der Waals surface area (Å²) in [4.78, 5) is 15.3. The van der Waals surface area contributed by atoms with Gasteiger partial charge in [0.2, 0.25) is 5.91 Å². The molecule has 5 rings (SSSR count). The van der Waals surface area contributed by atoms with Crippen LogP contribution < -0.4 is 4.74 Å². The minimum atomic E-state index is 0.274. The van der Waals surface area contributed by atoms with Gasteiger partial charge < -0.3 is 18.9 Å². The van der Waals surface area contributed by atoms with Crippen LogP contribution in [0.4, 0.5) is 0 Å². The van der Waals surface area contributed by atoms with E-state index in [1.54, 1.807) is 7.11 Å². The van der Waals surface area contributed by atoms with Crippen molar-refractivity contribution >= 4 is 32.7 Å².